The smallest absolute Gasteiger partial charge is 0.410 e. The number of primary amides is 1. The number of piperidine rings is 1. The van der Waals surface area contributed by atoms with Crippen molar-refractivity contribution in [2.24, 2.45) is 11.7 Å². The fourth-order valence-electron chi connectivity index (χ4n) is 4.58. The lowest BCUT2D eigenvalue weighted by molar-refractivity contribution is -0.155. The van der Waals surface area contributed by atoms with Gasteiger partial charge in [-0.2, -0.15) is 0 Å². The molecule has 10 nitrogen and oxygen atoms in total. The van der Waals surface area contributed by atoms with Crippen LogP contribution in [0.3, 0.4) is 0 Å². The van der Waals surface area contributed by atoms with Crippen LogP contribution < -0.4 is 10.5 Å². The molecule has 1 saturated heterocycles. The summed E-state index contributed by atoms with van der Waals surface area (Å²) in [6.45, 7) is 12.8. The number of likely N-dealkylation sites (tertiary alicyclic amines) is 1. The first-order valence-corrected chi connectivity index (χ1v) is 13.2. The van der Waals surface area contributed by atoms with Gasteiger partial charge in [0, 0.05) is 31.6 Å². The van der Waals surface area contributed by atoms with Crippen LogP contribution in [0.5, 0.6) is 5.75 Å². The van der Waals surface area contributed by atoms with E-state index in [1.54, 1.807) is 37.8 Å². The van der Waals surface area contributed by atoms with Crippen molar-refractivity contribution >= 4 is 23.9 Å². The average Bonchev–Trinajstić information content (AvgIpc) is 3.11. The highest BCUT2D eigenvalue weighted by Gasteiger charge is 2.36. The van der Waals surface area contributed by atoms with Gasteiger partial charge in [-0.3, -0.25) is 14.4 Å². The normalized spacial score (nSPS) is 17.2. The minimum absolute atomic E-state index is 0.0217. The van der Waals surface area contributed by atoms with E-state index >= 15 is 0 Å². The van der Waals surface area contributed by atoms with Crippen LogP contribution in [0, 0.1) is 5.92 Å². The first kappa shape index (κ1) is 29.3. The molecule has 1 fully saturated rings. The Morgan fingerprint density at radius 3 is 2.24 bits per heavy atom. The van der Waals surface area contributed by atoms with Crippen LogP contribution in [-0.4, -0.2) is 70.6 Å². The molecule has 2 aliphatic heterocycles. The van der Waals surface area contributed by atoms with Crippen LogP contribution in [0.15, 0.2) is 18.2 Å². The highest BCUT2D eigenvalue weighted by Crippen LogP contribution is 2.30. The monoisotopic (exact) mass is 531 g/mol. The SMILES string of the molecule is CC(C)(C)OC(=O)CCC(C(N)=O)N1Cc2cc(OCC3CCN(C(=O)OC(C)(C)C)CC3)ccc2C1=O. The average molecular weight is 532 g/mol. The van der Waals surface area contributed by atoms with E-state index in [2.05, 4.69) is 0 Å². The molecule has 2 N–H and O–H groups in total. The van der Waals surface area contributed by atoms with Gasteiger partial charge in [0.05, 0.1) is 6.61 Å². The molecule has 3 rings (SSSR count). The Morgan fingerprint density at radius 1 is 1.03 bits per heavy atom. The summed E-state index contributed by atoms with van der Waals surface area (Å²) in [6.07, 6.45) is 1.41. The number of fused-ring (bicyclic) bond motifs is 1. The molecule has 0 saturated carbocycles. The van der Waals surface area contributed by atoms with E-state index in [0.717, 1.165) is 18.4 Å². The highest BCUT2D eigenvalue weighted by molar-refractivity contribution is 6.01. The van der Waals surface area contributed by atoms with Crippen LogP contribution in [0.25, 0.3) is 0 Å². The number of carbonyl (C=O) groups excluding carboxylic acids is 4. The van der Waals surface area contributed by atoms with E-state index in [-0.39, 0.29) is 31.4 Å². The third-order valence-corrected chi connectivity index (χ3v) is 6.41. The van der Waals surface area contributed by atoms with Crippen molar-refractivity contribution in [2.75, 3.05) is 19.7 Å². The number of amides is 3. The molecule has 3 amide bonds. The lowest BCUT2D eigenvalue weighted by Gasteiger charge is -2.33. The van der Waals surface area contributed by atoms with Gasteiger partial charge in [0.2, 0.25) is 5.91 Å². The molecular weight excluding hydrogens is 490 g/mol. The van der Waals surface area contributed by atoms with Gasteiger partial charge in [-0.25, -0.2) is 4.79 Å². The predicted octanol–water partition coefficient (Wildman–Crippen LogP) is 3.64. The van der Waals surface area contributed by atoms with Crippen LogP contribution in [-0.2, 0) is 25.6 Å². The second-order valence-corrected chi connectivity index (χ2v) is 12.0. The molecule has 1 aromatic rings. The number of hydrogen-bond donors (Lipinski definition) is 1. The summed E-state index contributed by atoms with van der Waals surface area (Å²) in [5.74, 6) is -0.469. The number of nitrogens with zero attached hydrogens (tertiary/aromatic N) is 2. The van der Waals surface area contributed by atoms with Crippen molar-refractivity contribution in [1.82, 2.24) is 9.80 Å². The van der Waals surface area contributed by atoms with Crippen molar-refractivity contribution in [3.8, 4) is 5.75 Å². The number of carbonyl (C=O) groups is 4. The Hall–Kier alpha value is -3.30. The zero-order valence-electron chi connectivity index (χ0n) is 23.4. The molecular formula is C28H41N3O7. The van der Waals surface area contributed by atoms with E-state index in [4.69, 9.17) is 19.9 Å². The molecule has 1 unspecified atom stereocenters. The summed E-state index contributed by atoms with van der Waals surface area (Å²) >= 11 is 0. The molecule has 1 atom stereocenters. The van der Waals surface area contributed by atoms with E-state index < -0.39 is 29.1 Å². The molecule has 2 heterocycles. The van der Waals surface area contributed by atoms with Crippen molar-refractivity contribution in [2.45, 2.75) is 91.0 Å². The number of hydrogen-bond acceptors (Lipinski definition) is 7. The Kier molecular flexibility index (Phi) is 8.94. The highest BCUT2D eigenvalue weighted by atomic mass is 16.6. The third kappa shape index (κ3) is 8.10. The third-order valence-electron chi connectivity index (χ3n) is 6.41. The van der Waals surface area contributed by atoms with Crippen LogP contribution in [0.4, 0.5) is 4.79 Å². The number of ether oxygens (including phenoxy) is 3. The van der Waals surface area contributed by atoms with E-state index in [1.165, 1.54) is 4.90 Å². The maximum Gasteiger partial charge on any atom is 0.410 e. The molecule has 0 aliphatic carbocycles. The Bertz CT molecular complexity index is 1050. The Balaban J connectivity index is 1.53. The van der Waals surface area contributed by atoms with E-state index in [1.807, 2.05) is 26.8 Å². The van der Waals surface area contributed by atoms with Gasteiger partial charge >= 0.3 is 12.1 Å². The largest absolute Gasteiger partial charge is 0.493 e. The topological polar surface area (TPSA) is 128 Å². The maximum atomic E-state index is 13.0. The van der Waals surface area contributed by atoms with Gasteiger partial charge in [0.15, 0.2) is 0 Å². The van der Waals surface area contributed by atoms with Crippen LogP contribution in [0.1, 0.15) is 83.1 Å². The predicted molar refractivity (Wildman–Crippen MR) is 140 cm³/mol. The minimum atomic E-state index is -0.915. The summed E-state index contributed by atoms with van der Waals surface area (Å²) in [6, 6.07) is 4.34. The Labute approximate surface area is 224 Å². The lowest BCUT2D eigenvalue weighted by atomic mass is 9.98. The summed E-state index contributed by atoms with van der Waals surface area (Å²) in [5, 5.41) is 0. The van der Waals surface area contributed by atoms with Crippen LogP contribution in [0.2, 0.25) is 0 Å². The van der Waals surface area contributed by atoms with Gasteiger partial charge in [-0.05, 0) is 90.5 Å². The number of rotatable bonds is 8. The molecule has 0 aromatic heterocycles. The second-order valence-electron chi connectivity index (χ2n) is 12.0. The van der Waals surface area contributed by atoms with Crippen LogP contribution >= 0.6 is 0 Å². The number of benzene rings is 1. The molecule has 10 heteroatoms. The maximum absolute atomic E-state index is 13.0. The fourth-order valence-corrected chi connectivity index (χ4v) is 4.58. The molecule has 0 bridgehead atoms. The molecule has 0 spiro atoms. The van der Waals surface area contributed by atoms with Gasteiger partial charge < -0.3 is 29.7 Å². The van der Waals surface area contributed by atoms with Gasteiger partial charge in [-0.1, -0.05) is 0 Å². The zero-order chi connectivity index (χ0) is 28.3. The molecule has 0 radical (unpaired) electrons. The van der Waals surface area contributed by atoms with Crippen molar-refractivity contribution in [1.29, 1.82) is 0 Å². The molecule has 1 aromatic carbocycles. The summed E-state index contributed by atoms with van der Waals surface area (Å²) in [4.78, 5) is 52.7. The quantitative estimate of drug-likeness (QED) is 0.507. The first-order valence-electron chi connectivity index (χ1n) is 13.2. The summed E-state index contributed by atoms with van der Waals surface area (Å²) in [5.41, 5.74) is 5.69. The van der Waals surface area contributed by atoms with Gasteiger partial charge in [-0.15, -0.1) is 0 Å². The Morgan fingerprint density at radius 2 is 1.66 bits per heavy atom. The van der Waals surface area contributed by atoms with E-state index in [0.29, 0.717) is 36.9 Å². The van der Waals surface area contributed by atoms with Gasteiger partial charge in [0.1, 0.15) is 23.0 Å². The molecule has 2 aliphatic rings. The molecule has 38 heavy (non-hydrogen) atoms. The van der Waals surface area contributed by atoms with E-state index in [9.17, 15) is 19.2 Å². The van der Waals surface area contributed by atoms with Crippen molar-refractivity contribution < 1.29 is 33.4 Å². The van der Waals surface area contributed by atoms with Crippen molar-refractivity contribution in [3.63, 3.8) is 0 Å². The summed E-state index contributed by atoms with van der Waals surface area (Å²) < 4.78 is 16.8. The number of esters is 1. The van der Waals surface area contributed by atoms with Gasteiger partial charge in [0.25, 0.3) is 5.91 Å². The minimum Gasteiger partial charge on any atom is -0.493 e. The standard InChI is InChI=1S/C28H41N3O7/c1-27(2,3)37-23(32)10-9-22(24(29)33)31-16-19-15-20(7-8-21(19)25(31)34)36-17-18-11-13-30(14-12-18)26(35)38-28(4,5)6/h7-8,15,18,22H,9-14,16-17H2,1-6H3,(H2,29,33). The summed E-state index contributed by atoms with van der Waals surface area (Å²) in [7, 11) is 0. The number of nitrogens with two attached hydrogens (primary N) is 1. The molecule has 210 valence electrons. The second kappa shape index (κ2) is 11.6. The first-order chi connectivity index (χ1) is 17.6. The lowest BCUT2D eigenvalue weighted by Crippen LogP contribution is -2.45. The zero-order valence-corrected chi connectivity index (χ0v) is 23.4. The fraction of sp³-hybridized carbons (Fsp3) is 0.643. The van der Waals surface area contributed by atoms with Crippen molar-refractivity contribution in [3.05, 3.63) is 29.3 Å².